The summed E-state index contributed by atoms with van der Waals surface area (Å²) in [6.07, 6.45) is 1.29. The van der Waals surface area contributed by atoms with Gasteiger partial charge in [-0.2, -0.15) is 0 Å². The van der Waals surface area contributed by atoms with Gasteiger partial charge in [-0.1, -0.05) is 20.8 Å². The number of hydrogen-bond acceptors (Lipinski definition) is 1. The van der Waals surface area contributed by atoms with Crippen LogP contribution in [0.3, 0.4) is 0 Å². The molecule has 0 aromatic rings. The molecular formula is C10H21N. The Morgan fingerprint density at radius 1 is 1.00 bits per heavy atom. The van der Waals surface area contributed by atoms with Crippen molar-refractivity contribution in [3.63, 3.8) is 0 Å². The normalized spacial score (nSPS) is 20.5. The third kappa shape index (κ3) is 2.82. The van der Waals surface area contributed by atoms with Crippen LogP contribution in [0, 0.1) is 5.41 Å². The Kier molecular flexibility index (Phi) is 2.04. The van der Waals surface area contributed by atoms with Crippen LogP contribution in [-0.4, -0.2) is 23.5 Å². The van der Waals surface area contributed by atoms with E-state index in [1.54, 1.807) is 0 Å². The fraction of sp³-hybridized carbons (Fsp3) is 1.00. The third-order valence-electron chi connectivity index (χ3n) is 2.27. The molecule has 0 unspecified atom stereocenters. The number of nitrogens with zero attached hydrogens (tertiary/aromatic N) is 1. The van der Waals surface area contributed by atoms with Crippen molar-refractivity contribution in [3.8, 4) is 0 Å². The zero-order valence-corrected chi connectivity index (χ0v) is 8.57. The molecule has 1 saturated heterocycles. The van der Waals surface area contributed by atoms with Crippen molar-refractivity contribution in [1.82, 2.24) is 4.90 Å². The second-order valence-electron chi connectivity index (χ2n) is 5.54. The Morgan fingerprint density at radius 2 is 1.45 bits per heavy atom. The van der Waals surface area contributed by atoms with E-state index in [1.807, 2.05) is 0 Å². The Labute approximate surface area is 70.8 Å². The van der Waals surface area contributed by atoms with Gasteiger partial charge in [-0.25, -0.2) is 0 Å². The van der Waals surface area contributed by atoms with Gasteiger partial charge < -0.3 is 0 Å². The molecule has 0 spiro atoms. The van der Waals surface area contributed by atoms with Crippen LogP contribution in [0.4, 0.5) is 0 Å². The highest BCUT2D eigenvalue weighted by Crippen LogP contribution is 2.34. The molecular weight excluding hydrogens is 134 g/mol. The van der Waals surface area contributed by atoms with Crippen LogP contribution in [0.1, 0.15) is 41.0 Å². The van der Waals surface area contributed by atoms with Crippen LogP contribution in [0.25, 0.3) is 0 Å². The molecule has 11 heavy (non-hydrogen) atoms. The fourth-order valence-electron chi connectivity index (χ4n) is 2.06. The summed E-state index contributed by atoms with van der Waals surface area (Å²) < 4.78 is 0. The Morgan fingerprint density at radius 3 is 1.73 bits per heavy atom. The molecule has 1 aliphatic rings. The number of rotatable bonds is 2. The maximum Gasteiger partial charge on any atom is 0.0159 e. The van der Waals surface area contributed by atoms with Crippen LogP contribution in [-0.2, 0) is 0 Å². The first-order chi connectivity index (χ1) is 4.81. The quantitative estimate of drug-likeness (QED) is 0.554. The number of hydrogen-bond donors (Lipinski definition) is 0. The SMILES string of the molecule is CC(C)(C)CC(C)(C)N1CC1. The average molecular weight is 155 g/mol. The van der Waals surface area contributed by atoms with E-state index in [-0.39, 0.29) is 0 Å². The lowest BCUT2D eigenvalue weighted by Crippen LogP contribution is -2.34. The summed E-state index contributed by atoms with van der Waals surface area (Å²) in [5.74, 6) is 0. The van der Waals surface area contributed by atoms with Crippen molar-refractivity contribution in [2.75, 3.05) is 13.1 Å². The molecule has 1 nitrogen and oxygen atoms in total. The van der Waals surface area contributed by atoms with Crippen LogP contribution in [0.15, 0.2) is 0 Å². The van der Waals surface area contributed by atoms with Gasteiger partial charge in [0.2, 0.25) is 0 Å². The lowest BCUT2D eigenvalue weighted by Gasteiger charge is -2.33. The molecule has 1 fully saturated rings. The van der Waals surface area contributed by atoms with Crippen molar-refractivity contribution >= 4 is 0 Å². The second kappa shape index (κ2) is 2.48. The summed E-state index contributed by atoms with van der Waals surface area (Å²) in [7, 11) is 0. The van der Waals surface area contributed by atoms with E-state index in [4.69, 9.17) is 0 Å². The van der Waals surface area contributed by atoms with E-state index >= 15 is 0 Å². The highest BCUT2D eigenvalue weighted by molar-refractivity contribution is 4.92. The summed E-state index contributed by atoms with van der Waals surface area (Å²) >= 11 is 0. The molecule has 0 aromatic heterocycles. The highest BCUT2D eigenvalue weighted by atomic mass is 15.3. The van der Waals surface area contributed by atoms with Crippen molar-refractivity contribution in [3.05, 3.63) is 0 Å². The first kappa shape index (κ1) is 9.05. The van der Waals surface area contributed by atoms with Gasteiger partial charge in [-0.05, 0) is 25.7 Å². The molecule has 0 aromatic carbocycles. The van der Waals surface area contributed by atoms with Crippen molar-refractivity contribution in [2.24, 2.45) is 5.41 Å². The zero-order valence-electron chi connectivity index (χ0n) is 8.57. The largest absolute Gasteiger partial charge is 0.296 e. The third-order valence-corrected chi connectivity index (χ3v) is 2.27. The van der Waals surface area contributed by atoms with Gasteiger partial charge in [-0.3, -0.25) is 4.90 Å². The molecule has 1 heteroatoms. The van der Waals surface area contributed by atoms with Gasteiger partial charge in [-0.15, -0.1) is 0 Å². The Hall–Kier alpha value is -0.0400. The molecule has 0 radical (unpaired) electrons. The predicted molar refractivity (Wildman–Crippen MR) is 49.7 cm³/mol. The average Bonchev–Trinajstić information content (AvgIpc) is 2.30. The van der Waals surface area contributed by atoms with E-state index in [2.05, 4.69) is 39.5 Å². The van der Waals surface area contributed by atoms with Crippen LogP contribution >= 0.6 is 0 Å². The molecule has 0 N–H and O–H groups in total. The molecule has 0 saturated carbocycles. The topological polar surface area (TPSA) is 3.01 Å². The van der Waals surface area contributed by atoms with Crippen molar-refractivity contribution < 1.29 is 0 Å². The van der Waals surface area contributed by atoms with Gasteiger partial charge >= 0.3 is 0 Å². The standard InChI is InChI=1S/C10H21N/c1-9(2,3)8-10(4,5)11-6-7-11/h6-8H2,1-5H3. The summed E-state index contributed by atoms with van der Waals surface area (Å²) in [5, 5.41) is 0. The predicted octanol–water partition coefficient (Wildman–Crippen LogP) is 2.52. The van der Waals surface area contributed by atoms with Gasteiger partial charge in [0.1, 0.15) is 0 Å². The minimum absolute atomic E-state index is 0.429. The minimum atomic E-state index is 0.429. The lowest BCUT2D eigenvalue weighted by atomic mass is 9.82. The highest BCUT2D eigenvalue weighted by Gasteiger charge is 2.36. The molecule has 0 atom stereocenters. The Balaban J connectivity index is 2.45. The maximum atomic E-state index is 2.54. The van der Waals surface area contributed by atoms with E-state index in [1.165, 1.54) is 19.5 Å². The van der Waals surface area contributed by atoms with E-state index in [0.717, 1.165) is 0 Å². The summed E-state index contributed by atoms with van der Waals surface area (Å²) in [6.45, 7) is 14.3. The van der Waals surface area contributed by atoms with Gasteiger partial charge in [0, 0.05) is 18.6 Å². The first-order valence-corrected chi connectivity index (χ1v) is 4.56. The molecule has 1 aliphatic heterocycles. The minimum Gasteiger partial charge on any atom is -0.296 e. The maximum absolute atomic E-state index is 2.54. The molecule has 0 bridgehead atoms. The van der Waals surface area contributed by atoms with Gasteiger partial charge in [0.15, 0.2) is 0 Å². The van der Waals surface area contributed by atoms with E-state index < -0.39 is 0 Å². The molecule has 1 rings (SSSR count). The van der Waals surface area contributed by atoms with Gasteiger partial charge in [0.25, 0.3) is 0 Å². The summed E-state index contributed by atoms with van der Waals surface area (Å²) in [5.41, 5.74) is 0.893. The molecule has 0 aliphatic carbocycles. The first-order valence-electron chi connectivity index (χ1n) is 4.56. The molecule has 1 heterocycles. The summed E-state index contributed by atoms with van der Waals surface area (Å²) in [6, 6.07) is 0. The molecule has 66 valence electrons. The fourth-order valence-corrected chi connectivity index (χ4v) is 2.06. The van der Waals surface area contributed by atoms with Crippen LogP contribution < -0.4 is 0 Å². The lowest BCUT2D eigenvalue weighted by molar-refractivity contribution is 0.182. The molecule has 0 amide bonds. The monoisotopic (exact) mass is 155 g/mol. The van der Waals surface area contributed by atoms with Gasteiger partial charge in [0.05, 0.1) is 0 Å². The van der Waals surface area contributed by atoms with Crippen LogP contribution in [0.5, 0.6) is 0 Å². The van der Waals surface area contributed by atoms with E-state index in [9.17, 15) is 0 Å². The van der Waals surface area contributed by atoms with E-state index in [0.29, 0.717) is 11.0 Å². The second-order valence-corrected chi connectivity index (χ2v) is 5.54. The van der Waals surface area contributed by atoms with Crippen molar-refractivity contribution in [2.45, 2.75) is 46.6 Å². The Bertz CT molecular complexity index is 137. The van der Waals surface area contributed by atoms with Crippen LogP contribution in [0.2, 0.25) is 0 Å². The zero-order chi connectivity index (χ0) is 8.70. The summed E-state index contributed by atoms with van der Waals surface area (Å²) in [4.78, 5) is 2.54. The smallest absolute Gasteiger partial charge is 0.0159 e. The van der Waals surface area contributed by atoms with Crippen molar-refractivity contribution in [1.29, 1.82) is 0 Å².